The summed E-state index contributed by atoms with van der Waals surface area (Å²) in [5, 5.41) is 5.74. The van der Waals surface area contributed by atoms with Gasteiger partial charge in [-0.1, -0.05) is 11.3 Å². The molecular formula is C21H25N5O9S. The number of esters is 3. The van der Waals surface area contributed by atoms with E-state index in [1.54, 1.807) is 0 Å². The van der Waals surface area contributed by atoms with Gasteiger partial charge in [0.25, 0.3) is 0 Å². The van der Waals surface area contributed by atoms with Crippen molar-refractivity contribution in [1.29, 1.82) is 0 Å². The third-order valence-electron chi connectivity index (χ3n) is 5.26. The van der Waals surface area contributed by atoms with Crippen molar-refractivity contribution in [3.63, 3.8) is 0 Å². The van der Waals surface area contributed by atoms with Gasteiger partial charge in [-0.2, -0.15) is 9.97 Å². The Labute approximate surface area is 208 Å². The highest BCUT2D eigenvalue weighted by molar-refractivity contribution is 7.17. The molecule has 1 saturated carbocycles. The summed E-state index contributed by atoms with van der Waals surface area (Å²) in [6.07, 6.45) is -2.92. The van der Waals surface area contributed by atoms with Crippen molar-refractivity contribution in [3.8, 4) is 0 Å². The minimum Gasteiger partial charge on any atom is -0.463 e. The third-order valence-corrected chi connectivity index (χ3v) is 6.21. The number of nitrogens with one attached hydrogen (secondary N) is 2. The summed E-state index contributed by atoms with van der Waals surface area (Å²) < 4.78 is 23.4. The monoisotopic (exact) mass is 523 g/mol. The van der Waals surface area contributed by atoms with Gasteiger partial charge >= 0.3 is 22.8 Å². The summed E-state index contributed by atoms with van der Waals surface area (Å²) in [7, 11) is 0. The first-order valence-electron chi connectivity index (χ1n) is 11.1. The van der Waals surface area contributed by atoms with Crippen LogP contribution < -0.4 is 15.5 Å². The fourth-order valence-corrected chi connectivity index (χ4v) is 4.68. The Kier molecular flexibility index (Phi) is 7.21. The molecule has 2 aliphatic rings. The lowest BCUT2D eigenvalue weighted by molar-refractivity contribution is -0.166. The molecule has 1 aliphatic heterocycles. The molecule has 36 heavy (non-hydrogen) atoms. The number of hydrogen-bond acceptors (Lipinski definition) is 13. The number of ether oxygens (including phenoxy) is 4. The molecule has 0 radical (unpaired) electrons. The van der Waals surface area contributed by atoms with Crippen LogP contribution >= 0.6 is 11.3 Å². The van der Waals surface area contributed by atoms with E-state index in [4.69, 9.17) is 18.9 Å². The lowest BCUT2D eigenvalue weighted by Crippen LogP contribution is -2.41. The number of amides is 1. The molecule has 0 spiro atoms. The van der Waals surface area contributed by atoms with Gasteiger partial charge in [0.1, 0.15) is 17.4 Å². The fraction of sp³-hybridized carbons (Fsp3) is 0.571. The highest BCUT2D eigenvalue weighted by atomic mass is 32.1. The average molecular weight is 524 g/mol. The quantitative estimate of drug-likeness (QED) is 0.366. The van der Waals surface area contributed by atoms with Crippen LogP contribution in [0.5, 0.6) is 0 Å². The largest absolute Gasteiger partial charge is 0.463 e. The summed E-state index contributed by atoms with van der Waals surface area (Å²) >= 11 is 0.839. The number of nitrogens with zero attached hydrogens (tertiary/aromatic N) is 3. The molecule has 15 heteroatoms. The smallest absolute Gasteiger partial charge is 0.311 e. The first kappa shape index (κ1) is 25.5. The Morgan fingerprint density at radius 3 is 2.28 bits per heavy atom. The summed E-state index contributed by atoms with van der Waals surface area (Å²) in [5.41, 5.74) is 0.115. The van der Waals surface area contributed by atoms with Crippen molar-refractivity contribution in [2.75, 3.05) is 17.2 Å². The highest BCUT2D eigenvalue weighted by Crippen LogP contribution is 2.38. The van der Waals surface area contributed by atoms with Gasteiger partial charge in [0.2, 0.25) is 11.9 Å². The minimum absolute atomic E-state index is 0.0419. The van der Waals surface area contributed by atoms with Crippen molar-refractivity contribution in [3.05, 3.63) is 9.67 Å². The molecule has 4 atom stereocenters. The number of anilines is 2. The Morgan fingerprint density at radius 1 is 1.03 bits per heavy atom. The van der Waals surface area contributed by atoms with E-state index in [0.717, 1.165) is 42.6 Å². The number of carbonyl (C=O) groups is 4. The molecule has 2 fully saturated rings. The highest BCUT2D eigenvalue weighted by Gasteiger charge is 2.51. The van der Waals surface area contributed by atoms with Crippen molar-refractivity contribution >= 4 is 57.3 Å². The van der Waals surface area contributed by atoms with Crippen LogP contribution in [0.3, 0.4) is 0 Å². The van der Waals surface area contributed by atoms with E-state index >= 15 is 0 Å². The standard InChI is InChI=1S/C21H25N5O9S/c1-8(27)22-20-24-17(23-12-5-6-12)16-18(25-20)26(21(31)36-16)19-15(34-11(4)30)14(33-10(3)29)13(35-19)7-32-9(2)28/h12-15,19H,5-7H2,1-4H3,(H2,22,23,24,25,27)/t13-,14-,15-,19-/m1/s1. The van der Waals surface area contributed by atoms with Crippen LogP contribution in [0.1, 0.15) is 46.8 Å². The second-order valence-corrected chi connectivity index (χ2v) is 9.36. The van der Waals surface area contributed by atoms with Crippen molar-refractivity contribution in [2.45, 2.75) is 71.1 Å². The van der Waals surface area contributed by atoms with Gasteiger partial charge in [-0.15, -0.1) is 0 Å². The van der Waals surface area contributed by atoms with E-state index < -0.39 is 53.2 Å². The Morgan fingerprint density at radius 2 is 1.69 bits per heavy atom. The summed E-state index contributed by atoms with van der Waals surface area (Å²) in [5.74, 6) is -2.10. The number of thiazole rings is 1. The predicted octanol–water partition coefficient (Wildman–Crippen LogP) is 0.710. The van der Waals surface area contributed by atoms with E-state index in [2.05, 4.69) is 20.6 Å². The minimum atomic E-state index is -1.28. The molecule has 4 rings (SSSR count). The molecule has 1 saturated heterocycles. The summed E-state index contributed by atoms with van der Waals surface area (Å²) in [6.45, 7) is 4.49. The number of carbonyl (C=O) groups excluding carboxylic acids is 4. The zero-order valence-electron chi connectivity index (χ0n) is 19.9. The second kappa shape index (κ2) is 10.2. The van der Waals surface area contributed by atoms with Crippen LogP contribution in [0.2, 0.25) is 0 Å². The van der Waals surface area contributed by atoms with Crippen LogP contribution in [0, 0.1) is 0 Å². The lowest BCUT2D eigenvalue weighted by Gasteiger charge is -2.23. The van der Waals surface area contributed by atoms with Gasteiger partial charge in [-0.05, 0) is 12.8 Å². The zero-order valence-corrected chi connectivity index (χ0v) is 20.7. The topological polar surface area (TPSA) is 177 Å². The van der Waals surface area contributed by atoms with E-state index in [0.29, 0.717) is 10.5 Å². The molecule has 2 aromatic heterocycles. The van der Waals surface area contributed by atoms with E-state index in [1.807, 2.05) is 0 Å². The Bertz CT molecular complexity index is 1270. The fourth-order valence-electron chi connectivity index (χ4n) is 3.78. The Hall–Kier alpha value is -3.59. The molecule has 2 N–H and O–H groups in total. The molecule has 1 aliphatic carbocycles. The first-order valence-corrected chi connectivity index (χ1v) is 12.0. The summed E-state index contributed by atoms with van der Waals surface area (Å²) in [6, 6.07) is 0.178. The number of fused-ring (bicyclic) bond motifs is 1. The van der Waals surface area contributed by atoms with Crippen LogP contribution in [0.25, 0.3) is 10.3 Å². The third kappa shape index (κ3) is 5.62. The maximum Gasteiger partial charge on any atom is 0.311 e. The van der Waals surface area contributed by atoms with Crippen LogP contribution in [0.4, 0.5) is 11.8 Å². The SMILES string of the molecule is CC(=O)Nc1nc(NC2CC2)c2sc(=O)n([C@@H]3O[C@H](COC(C)=O)[C@@H](OC(C)=O)[C@H]3OC(C)=O)c2n1. The summed E-state index contributed by atoms with van der Waals surface area (Å²) in [4.78, 5) is 68.3. The van der Waals surface area contributed by atoms with E-state index in [-0.39, 0.29) is 24.2 Å². The van der Waals surface area contributed by atoms with E-state index in [9.17, 15) is 24.0 Å². The molecule has 0 unspecified atom stereocenters. The zero-order chi connectivity index (χ0) is 26.1. The van der Waals surface area contributed by atoms with Crippen molar-refractivity contribution in [2.24, 2.45) is 0 Å². The maximum absolute atomic E-state index is 13.2. The number of rotatable bonds is 8. The van der Waals surface area contributed by atoms with Gasteiger partial charge in [0.05, 0.1) is 0 Å². The van der Waals surface area contributed by atoms with Crippen LogP contribution in [-0.2, 0) is 38.1 Å². The molecule has 194 valence electrons. The van der Waals surface area contributed by atoms with Gasteiger partial charge in [0, 0.05) is 33.7 Å². The van der Waals surface area contributed by atoms with Crippen molar-refractivity contribution in [1.82, 2.24) is 14.5 Å². The van der Waals surface area contributed by atoms with Gasteiger partial charge in [-0.3, -0.25) is 33.9 Å². The normalized spacial score (nSPS) is 23.2. The number of aromatic nitrogens is 3. The molecule has 2 aromatic rings. The first-order chi connectivity index (χ1) is 17.0. The predicted molar refractivity (Wildman–Crippen MR) is 124 cm³/mol. The van der Waals surface area contributed by atoms with Crippen LogP contribution in [-0.4, -0.2) is 69.3 Å². The molecule has 1 amide bonds. The number of hydrogen-bond donors (Lipinski definition) is 2. The van der Waals surface area contributed by atoms with Gasteiger partial charge in [-0.25, -0.2) is 0 Å². The molecule has 0 bridgehead atoms. The second-order valence-electron chi connectivity index (χ2n) is 8.40. The lowest BCUT2D eigenvalue weighted by atomic mass is 10.1. The van der Waals surface area contributed by atoms with Gasteiger partial charge < -0.3 is 24.3 Å². The molecule has 3 heterocycles. The molecule has 14 nitrogen and oxygen atoms in total. The average Bonchev–Trinajstić information content (AvgIpc) is 3.44. The Balaban J connectivity index is 1.83. The van der Waals surface area contributed by atoms with Crippen LogP contribution in [0.15, 0.2) is 4.79 Å². The van der Waals surface area contributed by atoms with Gasteiger partial charge in [0.15, 0.2) is 29.9 Å². The van der Waals surface area contributed by atoms with E-state index in [1.165, 1.54) is 13.8 Å². The molecular weight excluding hydrogens is 498 g/mol. The van der Waals surface area contributed by atoms with Crippen molar-refractivity contribution < 1.29 is 38.1 Å². The molecule has 0 aromatic carbocycles. The maximum atomic E-state index is 13.2.